The SMILES string of the molecule is CCOC(=O)CCN(Cc1cc(OC)ccc1OC)C(=S)Nc1ccc(C)cc1. The predicted molar refractivity (Wildman–Crippen MR) is 119 cm³/mol. The molecule has 0 radical (unpaired) electrons. The number of esters is 1. The van der Waals surface area contributed by atoms with Crippen molar-refractivity contribution in [1.29, 1.82) is 0 Å². The third-order valence-electron chi connectivity index (χ3n) is 4.33. The van der Waals surface area contributed by atoms with Gasteiger partial charge in [-0.3, -0.25) is 4.79 Å². The van der Waals surface area contributed by atoms with Gasteiger partial charge in [0.05, 0.1) is 27.2 Å². The van der Waals surface area contributed by atoms with E-state index in [2.05, 4.69) is 5.32 Å². The zero-order valence-electron chi connectivity index (χ0n) is 17.4. The number of carbonyl (C=O) groups excluding carboxylic acids is 1. The fourth-order valence-electron chi connectivity index (χ4n) is 2.76. The summed E-state index contributed by atoms with van der Waals surface area (Å²) in [5.74, 6) is 1.20. The Morgan fingerprint density at radius 1 is 1.10 bits per heavy atom. The zero-order chi connectivity index (χ0) is 21.2. The summed E-state index contributed by atoms with van der Waals surface area (Å²) >= 11 is 5.64. The molecule has 0 atom stereocenters. The largest absolute Gasteiger partial charge is 0.497 e. The number of ether oxygens (including phenoxy) is 3. The number of nitrogens with zero attached hydrogens (tertiary/aromatic N) is 1. The van der Waals surface area contributed by atoms with E-state index in [9.17, 15) is 4.79 Å². The first-order valence-electron chi connectivity index (χ1n) is 9.46. The molecule has 156 valence electrons. The van der Waals surface area contributed by atoms with E-state index < -0.39 is 0 Å². The maximum absolute atomic E-state index is 11.9. The van der Waals surface area contributed by atoms with Crippen LogP contribution < -0.4 is 14.8 Å². The van der Waals surface area contributed by atoms with Gasteiger partial charge < -0.3 is 24.4 Å². The van der Waals surface area contributed by atoms with Crippen LogP contribution in [0.3, 0.4) is 0 Å². The van der Waals surface area contributed by atoms with Crippen LogP contribution in [0.1, 0.15) is 24.5 Å². The maximum atomic E-state index is 11.9. The second-order valence-corrected chi connectivity index (χ2v) is 6.84. The lowest BCUT2D eigenvalue weighted by molar-refractivity contribution is -0.143. The maximum Gasteiger partial charge on any atom is 0.307 e. The number of nitrogens with one attached hydrogen (secondary N) is 1. The summed E-state index contributed by atoms with van der Waals surface area (Å²) in [6.45, 7) is 5.05. The predicted octanol–water partition coefficient (Wildman–Crippen LogP) is 4.16. The van der Waals surface area contributed by atoms with Gasteiger partial charge in [-0.15, -0.1) is 0 Å². The molecule has 2 rings (SSSR count). The molecule has 0 aliphatic rings. The molecule has 0 unspecified atom stereocenters. The monoisotopic (exact) mass is 416 g/mol. The first-order valence-corrected chi connectivity index (χ1v) is 9.86. The highest BCUT2D eigenvalue weighted by Gasteiger charge is 2.16. The Hall–Kier alpha value is -2.80. The van der Waals surface area contributed by atoms with Crippen molar-refractivity contribution in [3.63, 3.8) is 0 Å². The van der Waals surface area contributed by atoms with E-state index in [0.29, 0.717) is 24.8 Å². The molecule has 6 nitrogen and oxygen atoms in total. The Balaban J connectivity index is 2.20. The molecule has 0 aliphatic heterocycles. The molecule has 2 aromatic rings. The number of rotatable bonds is 9. The van der Waals surface area contributed by atoms with Crippen molar-refractivity contribution in [2.75, 3.05) is 32.7 Å². The van der Waals surface area contributed by atoms with E-state index in [4.69, 9.17) is 26.4 Å². The van der Waals surface area contributed by atoms with Gasteiger partial charge in [0.15, 0.2) is 5.11 Å². The number of methoxy groups -OCH3 is 2. The highest BCUT2D eigenvalue weighted by atomic mass is 32.1. The highest BCUT2D eigenvalue weighted by Crippen LogP contribution is 2.26. The van der Waals surface area contributed by atoms with E-state index in [1.54, 1.807) is 21.1 Å². The smallest absolute Gasteiger partial charge is 0.307 e. The first-order chi connectivity index (χ1) is 14.0. The third-order valence-corrected chi connectivity index (χ3v) is 4.69. The lowest BCUT2D eigenvalue weighted by atomic mass is 10.1. The van der Waals surface area contributed by atoms with Crippen LogP contribution in [0.2, 0.25) is 0 Å². The van der Waals surface area contributed by atoms with Crippen LogP contribution in [0.25, 0.3) is 0 Å². The Bertz CT molecular complexity index is 824. The molecule has 0 fully saturated rings. The van der Waals surface area contributed by atoms with Crippen LogP contribution in [0, 0.1) is 6.92 Å². The van der Waals surface area contributed by atoms with Gasteiger partial charge in [0.1, 0.15) is 11.5 Å². The third kappa shape index (κ3) is 6.94. The molecule has 7 heteroatoms. The van der Waals surface area contributed by atoms with Gasteiger partial charge in [-0.1, -0.05) is 17.7 Å². The van der Waals surface area contributed by atoms with Gasteiger partial charge in [0, 0.05) is 24.3 Å². The van der Waals surface area contributed by atoms with Crippen molar-refractivity contribution in [2.24, 2.45) is 0 Å². The molecule has 0 saturated carbocycles. The number of benzene rings is 2. The summed E-state index contributed by atoms with van der Waals surface area (Å²) in [5, 5.41) is 3.76. The van der Waals surface area contributed by atoms with Crippen molar-refractivity contribution < 1.29 is 19.0 Å². The molecule has 2 aromatic carbocycles. The van der Waals surface area contributed by atoms with Gasteiger partial charge in [-0.05, 0) is 56.4 Å². The summed E-state index contributed by atoms with van der Waals surface area (Å²) < 4.78 is 15.9. The molecule has 0 aromatic heterocycles. The molecule has 0 saturated heterocycles. The van der Waals surface area contributed by atoms with Crippen LogP contribution in [0.5, 0.6) is 11.5 Å². The lowest BCUT2D eigenvalue weighted by Crippen LogP contribution is -2.36. The Kier molecular flexibility index (Phi) is 8.73. The van der Waals surface area contributed by atoms with E-state index in [1.165, 1.54) is 5.56 Å². The molecule has 1 N–H and O–H groups in total. The van der Waals surface area contributed by atoms with Crippen LogP contribution >= 0.6 is 12.2 Å². The summed E-state index contributed by atoms with van der Waals surface area (Å²) in [6, 6.07) is 13.6. The van der Waals surface area contributed by atoms with Gasteiger partial charge in [-0.2, -0.15) is 0 Å². The molecule has 0 amide bonds. The minimum Gasteiger partial charge on any atom is -0.497 e. The molecule has 0 bridgehead atoms. The molecular weight excluding hydrogens is 388 g/mol. The second kappa shape index (κ2) is 11.3. The van der Waals surface area contributed by atoms with Crippen molar-refractivity contribution in [2.45, 2.75) is 26.8 Å². The van der Waals surface area contributed by atoms with Crippen LogP contribution in [0.4, 0.5) is 5.69 Å². The number of carbonyl (C=O) groups is 1. The lowest BCUT2D eigenvalue weighted by Gasteiger charge is -2.26. The number of hydrogen-bond acceptors (Lipinski definition) is 5. The van der Waals surface area contributed by atoms with Gasteiger partial charge >= 0.3 is 5.97 Å². The van der Waals surface area contributed by atoms with Gasteiger partial charge in [-0.25, -0.2) is 0 Å². The molecule has 29 heavy (non-hydrogen) atoms. The Morgan fingerprint density at radius 3 is 2.45 bits per heavy atom. The molecule has 0 spiro atoms. The highest BCUT2D eigenvalue weighted by molar-refractivity contribution is 7.80. The van der Waals surface area contributed by atoms with Crippen molar-refractivity contribution in [1.82, 2.24) is 4.90 Å². The second-order valence-electron chi connectivity index (χ2n) is 6.45. The first kappa shape index (κ1) is 22.5. The summed E-state index contributed by atoms with van der Waals surface area (Å²) in [4.78, 5) is 13.8. The number of thiocarbonyl (C=S) groups is 1. The normalized spacial score (nSPS) is 10.2. The zero-order valence-corrected chi connectivity index (χ0v) is 18.2. The van der Waals surface area contributed by atoms with Gasteiger partial charge in [0.2, 0.25) is 0 Å². The Morgan fingerprint density at radius 2 is 1.83 bits per heavy atom. The van der Waals surface area contributed by atoms with Crippen molar-refractivity contribution in [3.05, 3.63) is 53.6 Å². The summed E-state index contributed by atoms with van der Waals surface area (Å²) in [6.07, 6.45) is 0.232. The average Bonchev–Trinajstić information content (AvgIpc) is 2.72. The minimum atomic E-state index is -0.256. The number of hydrogen-bond donors (Lipinski definition) is 1. The average molecular weight is 417 g/mol. The Labute approximate surface area is 177 Å². The number of anilines is 1. The minimum absolute atomic E-state index is 0.232. The van der Waals surface area contributed by atoms with Gasteiger partial charge in [0.25, 0.3) is 0 Å². The molecule has 0 heterocycles. The van der Waals surface area contributed by atoms with Crippen LogP contribution in [-0.2, 0) is 16.1 Å². The van der Waals surface area contributed by atoms with Crippen molar-refractivity contribution in [3.8, 4) is 11.5 Å². The topological polar surface area (TPSA) is 60.0 Å². The standard InChI is InChI=1S/C22H28N2O4S/c1-5-28-21(25)12-13-24(22(29)23-18-8-6-16(2)7-9-18)15-17-14-19(26-3)10-11-20(17)27-4/h6-11,14H,5,12-13,15H2,1-4H3,(H,23,29). The van der Waals surface area contributed by atoms with Crippen LogP contribution in [-0.4, -0.2) is 43.4 Å². The summed E-state index contributed by atoms with van der Waals surface area (Å²) in [5.41, 5.74) is 2.96. The van der Waals surface area contributed by atoms with E-state index >= 15 is 0 Å². The quantitative estimate of drug-likeness (QED) is 0.486. The molecular formula is C22H28N2O4S. The number of aryl methyl sites for hydroxylation is 1. The fraction of sp³-hybridized carbons (Fsp3) is 0.364. The van der Waals surface area contributed by atoms with E-state index in [-0.39, 0.29) is 12.4 Å². The summed E-state index contributed by atoms with van der Waals surface area (Å²) in [7, 11) is 3.24. The van der Waals surface area contributed by atoms with E-state index in [1.807, 2.05) is 54.3 Å². The fourth-order valence-corrected chi connectivity index (χ4v) is 3.04. The molecule has 0 aliphatic carbocycles. The van der Waals surface area contributed by atoms with E-state index in [0.717, 1.165) is 22.7 Å². The van der Waals surface area contributed by atoms with Crippen LogP contribution in [0.15, 0.2) is 42.5 Å². The van der Waals surface area contributed by atoms with Crippen molar-refractivity contribution >= 4 is 29.0 Å².